The quantitative estimate of drug-likeness (QED) is 0.684. The van der Waals surface area contributed by atoms with Crippen molar-refractivity contribution in [3.8, 4) is 6.07 Å². The van der Waals surface area contributed by atoms with Crippen molar-refractivity contribution in [1.29, 1.82) is 5.26 Å². The molecule has 0 aliphatic rings. The predicted octanol–water partition coefficient (Wildman–Crippen LogP) is 3.20. The van der Waals surface area contributed by atoms with Crippen LogP contribution in [0.15, 0.2) is 53.0 Å². The van der Waals surface area contributed by atoms with Gasteiger partial charge in [0.05, 0.1) is 6.07 Å². The molecule has 0 spiro atoms. The first-order valence-corrected chi connectivity index (χ1v) is 7.15. The van der Waals surface area contributed by atoms with E-state index in [4.69, 9.17) is 11.0 Å². The van der Waals surface area contributed by atoms with E-state index in [0.717, 1.165) is 10.0 Å². The smallest absolute Gasteiger partial charge is 0.255 e. The lowest BCUT2D eigenvalue weighted by atomic mass is 10.1. The van der Waals surface area contributed by atoms with Crippen molar-refractivity contribution < 1.29 is 4.79 Å². The topological polar surface area (TPSA) is 70.1 Å². The molecule has 1 amide bonds. The molecule has 106 valence electrons. The molecule has 0 radical (unpaired) electrons. The van der Waals surface area contributed by atoms with Gasteiger partial charge in [-0.05, 0) is 23.8 Å². The minimum absolute atomic E-state index is 0.0279. The molecule has 2 N–H and O–H groups in total. The molecule has 0 heterocycles. The highest BCUT2D eigenvalue weighted by molar-refractivity contribution is 9.10. The highest BCUT2D eigenvalue weighted by atomic mass is 79.9. The fourth-order valence-electron chi connectivity index (χ4n) is 2.01. The Bertz CT molecular complexity index is 659. The number of anilines is 1. The first-order valence-electron chi connectivity index (χ1n) is 6.36. The number of carbonyl (C=O) groups is 1. The van der Waals surface area contributed by atoms with Crippen LogP contribution in [0, 0.1) is 11.3 Å². The molecule has 4 nitrogen and oxygen atoms in total. The number of nitrogens with zero attached hydrogens (tertiary/aromatic N) is 2. The van der Waals surface area contributed by atoms with Crippen LogP contribution in [0.2, 0.25) is 0 Å². The molecule has 0 saturated carbocycles. The van der Waals surface area contributed by atoms with Crippen LogP contribution in [0.4, 0.5) is 5.69 Å². The van der Waals surface area contributed by atoms with Crippen molar-refractivity contribution >= 4 is 27.5 Å². The molecular formula is C16H14BrN3O. The van der Waals surface area contributed by atoms with Gasteiger partial charge in [0.15, 0.2) is 0 Å². The molecule has 0 unspecified atom stereocenters. The molecule has 0 aliphatic heterocycles. The second kappa shape index (κ2) is 6.91. The molecule has 0 fully saturated rings. The molecule has 2 rings (SSSR count). The van der Waals surface area contributed by atoms with Crippen LogP contribution >= 0.6 is 15.9 Å². The minimum atomic E-state index is -0.214. The Morgan fingerprint density at radius 2 is 1.95 bits per heavy atom. The van der Waals surface area contributed by atoms with Crippen molar-refractivity contribution in [2.45, 2.75) is 6.54 Å². The fraction of sp³-hybridized carbons (Fsp3) is 0.125. The summed E-state index contributed by atoms with van der Waals surface area (Å²) in [5.74, 6) is -0.214. The van der Waals surface area contributed by atoms with Gasteiger partial charge in [-0.25, -0.2) is 0 Å². The molecule has 2 aromatic rings. The van der Waals surface area contributed by atoms with E-state index in [0.29, 0.717) is 17.8 Å². The van der Waals surface area contributed by atoms with E-state index in [1.165, 1.54) is 4.90 Å². The number of halogens is 1. The Hall–Kier alpha value is -2.32. The van der Waals surface area contributed by atoms with Crippen LogP contribution in [0.1, 0.15) is 15.9 Å². The number of carbonyl (C=O) groups excluding carboxylic acids is 1. The summed E-state index contributed by atoms with van der Waals surface area (Å²) in [6.07, 6.45) is 0. The highest BCUT2D eigenvalue weighted by Gasteiger charge is 2.16. The second-order valence-corrected chi connectivity index (χ2v) is 5.49. The minimum Gasteiger partial charge on any atom is -0.399 e. The predicted molar refractivity (Wildman–Crippen MR) is 85.3 cm³/mol. The van der Waals surface area contributed by atoms with E-state index in [-0.39, 0.29) is 12.5 Å². The molecular weight excluding hydrogens is 330 g/mol. The maximum atomic E-state index is 12.5. The van der Waals surface area contributed by atoms with Crippen molar-refractivity contribution in [3.63, 3.8) is 0 Å². The van der Waals surface area contributed by atoms with E-state index in [1.807, 2.05) is 36.4 Å². The summed E-state index contributed by atoms with van der Waals surface area (Å²) in [6.45, 7) is 0.416. The van der Waals surface area contributed by atoms with Gasteiger partial charge >= 0.3 is 0 Å². The summed E-state index contributed by atoms with van der Waals surface area (Å²) in [5, 5.41) is 8.94. The van der Waals surface area contributed by atoms with Crippen LogP contribution in [-0.4, -0.2) is 17.4 Å². The van der Waals surface area contributed by atoms with Crippen LogP contribution in [0.25, 0.3) is 0 Å². The van der Waals surface area contributed by atoms with Crippen LogP contribution < -0.4 is 5.73 Å². The maximum absolute atomic E-state index is 12.5. The number of hydrogen-bond donors (Lipinski definition) is 1. The number of nitrogen functional groups attached to an aromatic ring is 1. The number of nitrogens with two attached hydrogens (primary N) is 1. The lowest BCUT2D eigenvalue weighted by Crippen LogP contribution is -2.31. The molecule has 5 heteroatoms. The number of amides is 1. The third kappa shape index (κ3) is 4.07. The monoisotopic (exact) mass is 343 g/mol. The van der Waals surface area contributed by atoms with E-state index >= 15 is 0 Å². The van der Waals surface area contributed by atoms with Crippen LogP contribution in [0.5, 0.6) is 0 Å². The maximum Gasteiger partial charge on any atom is 0.255 e. The van der Waals surface area contributed by atoms with Gasteiger partial charge in [-0.1, -0.05) is 46.3 Å². The van der Waals surface area contributed by atoms with Gasteiger partial charge in [-0.2, -0.15) is 5.26 Å². The second-order valence-electron chi connectivity index (χ2n) is 4.58. The average Bonchev–Trinajstić information content (AvgIpc) is 2.46. The molecule has 2 aromatic carbocycles. The zero-order valence-corrected chi connectivity index (χ0v) is 12.9. The summed E-state index contributed by atoms with van der Waals surface area (Å²) < 4.78 is 0.738. The van der Waals surface area contributed by atoms with Gasteiger partial charge in [0.2, 0.25) is 0 Å². The van der Waals surface area contributed by atoms with Gasteiger partial charge in [-0.3, -0.25) is 4.79 Å². The molecule has 21 heavy (non-hydrogen) atoms. The third-order valence-corrected chi connectivity index (χ3v) is 3.39. The number of benzene rings is 2. The van der Waals surface area contributed by atoms with Gasteiger partial charge in [0.1, 0.15) is 6.54 Å². The Balaban J connectivity index is 2.25. The summed E-state index contributed by atoms with van der Waals surface area (Å²) in [5.41, 5.74) is 7.70. The highest BCUT2D eigenvalue weighted by Crippen LogP contribution is 2.19. The van der Waals surface area contributed by atoms with Crippen molar-refractivity contribution in [3.05, 3.63) is 64.1 Å². The third-order valence-electron chi connectivity index (χ3n) is 2.93. The summed E-state index contributed by atoms with van der Waals surface area (Å²) in [4.78, 5) is 14.0. The van der Waals surface area contributed by atoms with Gasteiger partial charge in [0, 0.05) is 22.3 Å². The van der Waals surface area contributed by atoms with Crippen molar-refractivity contribution in [2.75, 3.05) is 12.3 Å². The zero-order chi connectivity index (χ0) is 15.2. The average molecular weight is 344 g/mol. The van der Waals surface area contributed by atoms with E-state index in [2.05, 4.69) is 15.9 Å². The van der Waals surface area contributed by atoms with Crippen LogP contribution in [-0.2, 0) is 6.54 Å². The number of rotatable bonds is 4. The molecule has 0 aliphatic carbocycles. The number of nitriles is 1. The molecule has 0 saturated heterocycles. The van der Waals surface area contributed by atoms with E-state index in [1.54, 1.807) is 18.2 Å². The summed E-state index contributed by atoms with van der Waals surface area (Å²) in [7, 11) is 0. The molecule has 0 aromatic heterocycles. The summed E-state index contributed by atoms with van der Waals surface area (Å²) >= 11 is 3.32. The lowest BCUT2D eigenvalue weighted by Gasteiger charge is -2.20. The largest absolute Gasteiger partial charge is 0.399 e. The summed E-state index contributed by atoms with van der Waals surface area (Å²) in [6, 6.07) is 16.6. The Labute approximate surface area is 131 Å². The normalized spacial score (nSPS) is 9.90. The first-order chi connectivity index (χ1) is 10.1. The van der Waals surface area contributed by atoms with E-state index in [9.17, 15) is 4.79 Å². The Morgan fingerprint density at radius 1 is 1.24 bits per heavy atom. The fourth-order valence-corrected chi connectivity index (χ4v) is 2.52. The molecule has 0 atom stereocenters. The molecule has 0 bridgehead atoms. The Kier molecular flexibility index (Phi) is 4.96. The lowest BCUT2D eigenvalue weighted by molar-refractivity contribution is 0.0765. The SMILES string of the molecule is N#CCN(Cc1ccccc1)C(=O)c1cc(N)cc(Br)c1. The zero-order valence-electron chi connectivity index (χ0n) is 11.3. The van der Waals surface area contributed by atoms with Gasteiger partial charge < -0.3 is 10.6 Å². The standard InChI is InChI=1S/C16H14BrN3O/c17-14-8-13(9-15(19)10-14)16(21)20(7-6-18)11-12-4-2-1-3-5-12/h1-5,8-10H,7,11,19H2. The van der Waals surface area contributed by atoms with E-state index < -0.39 is 0 Å². The first kappa shape index (κ1) is 15.1. The van der Waals surface area contributed by atoms with Gasteiger partial charge in [0.25, 0.3) is 5.91 Å². The Morgan fingerprint density at radius 3 is 2.57 bits per heavy atom. The van der Waals surface area contributed by atoms with Gasteiger partial charge in [-0.15, -0.1) is 0 Å². The van der Waals surface area contributed by atoms with Crippen LogP contribution in [0.3, 0.4) is 0 Å². The van der Waals surface area contributed by atoms with Crippen molar-refractivity contribution in [1.82, 2.24) is 4.90 Å². The number of hydrogen-bond acceptors (Lipinski definition) is 3. The van der Waals surface area contributed by atoms with Crippen molar-refractivity contribution in [2.24, 2.45) is 0 Å².